The van der Waals surface area contributed by atoms with Crippen LogP contribution in [0.5, 0.6) is 0 Å². The topological polar surface area (TPSA) is 70.6 Å². The van der Waals surface area contributed by atoms with Gasteiger partial charge in [0.05, 0.1) is 6.21 Å². The monoisotopic (exact) mass is 297 g/mol. The van der Waals surface area contributed by atoms with Gasteiger partial charge in [-0.1, -0.05) is 28.1 Å². The van der Waals surface area contributed by atoms with Gasteiger partial charge in [-0.2, -0.15) is 5.10 Å². The van der Waals surface area contributed by atoms with Crippen LogP contribution >= 0.6 is 15.9 Å². The van der Waals surface area contributed by atoms with E-state index in [1.54, 1.807) is 6.92 Å². The Kier molecular flexibility index (Phi) is 5.35. The molecule has 6 heteroatoms. The van der Waals surface area contributed by atoms with Gasteiger partial charge in [0.2, 0.25) is 0 Å². The summed E-state index contributed by atoms with van der Waals surface area (Å²) in [6, 6.07) is 7.38. The molecule has 0 heterocycles. The Morgan fingerprint density at radius 3 is 2.82 bits per heavy atom. The number of hydrogen-bond acceptors (Lipinski definition) is 3. The second-order valence-electron chi connectivity index (χ2n) is 3.11. The van der Waals surface area contributed by atoms with E-state index in [0.717, 1.165) is 10.0 Å². The van der Waals surface area contributed by atoms with E-state index < -0.39 is 11.8 Å². The summed E-state index contributed by atoms with van der Waals surface area (Å²) in [5.74, 6) is -1.48. The molecule has 0 bridgehead atoms. The van der Waals surface area contributed by atoms with E-state index in [9.17, 15) is 9.59 Å². The van der Waals surface area contributed by atoms with Gasteiger partial charge >= 0.3 is 11.8 Å². The molecule has 0 spiro atoms. The van der Waals surface area contributed by atoms with Gasteiger partial charge in [0.1, 0.15) is 0 Å². The van der Waals surface area contributed by atoms with Crippen molar-refractivity contribution < 1.29 is 9.59 Å². The highest BCUT2D eigenvalue weighted by Gasteiger charge is 2.09. The number of nitrogens with one attached hydrogen (secondary N) is 2. The number of hydrogen-bond donors (Lipinski definition) is 2. The summed E-state index contributed by atoms with van der Waals surface area (Å²) in [7, 11) is 0. The molecule has 0 unspecified atom stereocenters. The third kappa shape index (κ3) is 4.78. The molecule has 2 N–H and O–H groups in total. The Morgan fingerprint density at radius 2 is 2.18 bits per heavy atom. The van der Waals surface area contributed by atoms with Crippen LogP contribution in [0.1, 0.15) is 12.5 Å². The second kappa shape index (κ2) is 6.80. The fraction of sp³-hybridized carbons (Fsp3) is 0.182. The van der Waals surface area contributed by atoms with Crippen molar-refractivity contribution in [2.45, 2.75) is 6.92 Å². The number of rotatable bonds is 3. The number of carbonyl (C=O) groups is 2. The molecule has 1 aromatic carbocycles. The number of benzene rings is 1. The molecule has 0 saturated carbocycles. The van der Waals surface area contributed by atoms with Gasteiger partial charge in [-0.15, -0.1) is 0 Å². The first kappa shape index (κ1) is 13.4. The molecule has 0 atom stereocenters. The molecule has 0 aliphatic rings. The Balaban J connectivity index is 2.50. The zero-order valence-electron chi connectivity index (χ0n) is 9.24. The van der Waals surface area contributed by atoms with Gasteiger partial charge in [0.25, 0.3) is 0 Å². The van der Waals surface area contributed by atoms with Crippen LogP contribution in [0.25, 0.3) is 0 Å². The largest absolute Gasteiger partial charge is 0.348 e. The van der Waals surface area contributed by atoms with E-state index in [0.29, 0.717) is 6.54 Å². The molecule has 90 valence electrons. The fourth-order valence-corrected chi connectivity index (χ4v) is 1.46. The molecule has 17 heavy (non-hydrogen) atoms. The molecule has 0 fully saturated rings. The van der Waals surface area contributed by atoms with E-state index in [-0.39, 0.29) is 0 Å². The van der Waals surface area contributed by atoms with E-state index in [2.05, 4.69) is 31.8 Å². The van der Waals surface area contributed by atoms with Gasteiger partial charge in [0.15, 0.2) is 0 Å². The third-order valence-corrected chi connectivity index (χ3v) is 2.27. The Morgan fingerprint density at radius 1 is 1.41 bits per heavy atom. The molecule has 0 aliphatic heterocycles. The molecule has 0 aliphatic carbocycles. The van der Waals surface area contributed by atoms with Crippen LogP contribution in [0.15, 0.2) is 33.8 Å². The van der Waals surface area contributed by atoms with Gasteiger partial charge in [0, 0.05) is 11.0 Å². The van der Waals surface area contributed by atoms with Crippen molar-refractivity contribution in [3.05, 3.63) is 34.3 Å². The van der Waals surface area contributed by atoms with Crippen LogP contribution in [0.3, 0.4) is 0 Å². The first-order valence-corrected chi connectivity index (χ1v) is 5.79. The highest BCUT2D eigenvalue weighted by molar-refractivity contribution is 9.10. The van der Waals surface area contributed by atoms with E-state index in [1.165, 1.54) is 6.21 Å². The summed E-state index contributed by atoms with van der Waals surface area (Å²) < 4.78 is 0.913. The lowest BCUT2D eigenvalue weighted by Gasteiger charge is -1.99. The number of halogens is 1. The lowest BCUT2D eigenvalue weighted by molar-refractivity contribution is -0.139. The summed E-state index contributed by atoms with van der Waals surface area (Å²) in [6.07, 6.45) is 1.46. The minimum atomic E-state index is -0.780. The van der Waals surface area contributed by atoms with Crippen LogP contribution in [0, 0.1) is 0 Å². The number of hydrazone groups is 1. The molecule has 0 saturated heterocycles. The fourth-order valence-electron chi connectivity index (χ4n) is 1.04. The number of nitrogens with zero attached hydrogens (tertiary/aromatic N) is 1. The minimum Gasteiger partial charge on any atom is -0.348 e. The van der Waals surface area contributed by atoms with Crippen molar-refractivity contribution in [3.63, 3.8) is 0 Å². The Labute approximate surface area is 107 Å². The molecular weight excluding hydrogens is 286 g/mol. The molecule has 0 radical (unpaired) electrons. The number of carbonyl (C=O) groups excluding carboxylic acids is 2. The average molecular weight is 298 g/mol. The van der Waals surface area contributed by atoms with Crippen LogP contribution < -0.4 is 10.7 Å². The summed E-state index contributed by atoms with van der Waals surface area (Å²) in [5.41, 5.74) is 2.95. The zero-order valence-corrected chi connectivity index (χ0v) is 10.8. The maximum atomic E-state index is 11.1. The van der Waals surface area contributed by atoms with Crippen molar-refractivity contribution in [1.29, 1.82) is 0 Å². The minimum absolute atomic E-state index is 0.404. The van der Waals surface area contributed by atoms with Crippen molar-refractivity contribution >= 4 is 34.0 Å². The highest BCUT2D eigenvalue weighted by atomic mass is 79.9. The van der Waals surface area contributed by atoms with Crippen molar-refractivity contribution in [2.24, 2.45) is 5.10 Å². The summed E-state index contributed by atoms with van der Waals surface area (Å²) in [4.78, 5) is 22.2. The van der Waals surface area contributed by atoms with Gasteiger partial charge in [-0.05, 0) is 24.6 Å². The van der Waals surface area contributed by atoms with Crippen LogP contribution in [-0.2, 0) is 9.59 Å². The lowest BCUT2D eigenvalue weighted by atomic mass is 10.2. The van der Waals surface area contributed by atoms with E-state index in [1.807, 2.05) is 24.3 Å². The molecule has 2 amide bonds. The first-order valence-electron chi connectivity index (χ1n) is 5.00. The third-order valence-electron chi connectivity index (χ3n) is 1.77. The number of likely N-dealkylation sites (N-methyl/N-ethyl adjacent to an activating group) is 1. The quantitative estimate of drug-likeness (QED) is 0.497. The summed E-state index contributed by atoms with van der Waals surface area (Å²) in [6.45, 7) is 2.14. The maximum Gasteiger partial charge on any atom is 0.329 e. The van der Waals surface area contributed by atoms with Crippen LogP contribution in [0.2, 0.25) is 0 Å². The van der Waals surface area contributed by atoms with Gasteiger partial charge in [-0.3, -0.25) is 9.59 Å². The SMILES string of the molecule is CCNC(=O)C(=O)NN=Cc1cccc(Br)c1. The van der Waals surface area contributed by atoms with E-state index >= 15 is 0 Å². The predicted octanol–water partition coefficient (Wildman–Crippen LogP) is 1.04. The smallest absolute Gasteiger partial charge is 0.329 e. The molecule has 1 aromatic rings. The highest BCUT2D eigenvalue weighted by Crippen LogP contribution is 2.09. The van der Waals surface area contributed by atoms with Crippen molar-refractivity contribution in [2.75, 3.05) is 6.54 Å². The molecule has 0 aromatic heterocycles. The van der Waals surface area contributed by atoms with Crippen LogP contribution in [-0.4, -0.2) is 24.6 Å². The average Bonchev–Trinajstić information content (AvgIpc) is 2.29. The molecule has 1 rings (SSSR count). The van der Waals surface area contributed by atoms with Crippen molar-refractivity contribution in [1.82, 2.24) is 10.7 Å². The zero-order chi connectivity index (χ0) is 12.7. The first-order chi connectivity index (χ1) is 8.13. The predicted molar refractivity (Wildman–Crippen MR) is 68.6 cm³/mol. The van der Waals surface area contributed by atoms with Crippen LogP contribution in [0.4, 0.5) is 0 Å². The number of amides is 2. The normalized spacial score (nSPS) is 10.2. The maximum absolute atomic E-state index is 11.1. The lowest BCUT2D eigenvalue weighted by Crippen LogP contribution is -2.37. The summed E-state index contributed by atoms with van der Waals surface area (Å²) in [5, 5.41) is 6.05. The standard InChI is InChI=1S/C11H12BrN3O2/c1-2-13-10(16)11(17)15-14-7-8-4-3-5-9(12)6-8/h3-7H,2H2,1H3,(H,13,16)(H,15,17). The molecular formula is C11H12BrN3O2. The molecule has 5 nitrogen and oxygen atoms in total. The second-order valence-corrected chi connectivity index (χ2v) is 4.03. The Hall–Kier alpha value is -1.69. The van der Waals surface area contributed by atoms with Gasteiger partial charge in [-0.25, -0.2) is 5.43 Å². The van der Waals surface area contributed by atoms with Gasteiger partial charge < -0.3 is 5.32 Å². The van der Waals surface area contributed by atoms with E-state index in [4.69, 9.17) is 0 Å². The Bertz CT molecular complexity index is 446. The van der Waals surface area contributed by atoms with Crippen molar-refractivity contribution in [3.8, 4) is 0 Å². The summed E-state index contributed by atoms with van der Waals surface area (Å²) >= 11 is 3.31.